The third-order valence-electron chi connectivity index (χ3n) is 10.6. The Morgan fingerprint density at radius 3 is 2.63 bits per heavy atom. The van der Waals surface area contributed by atoms with Gasteiger partial charge >= 0.3 is 0 Å². The van der Waals surface area contributed by atoms with E-state index in [2.05, 4.69) is 26.8 Å². The number of aliphatic hydroxyl groups excluding tert-OH is 1. The summed E-state index contributed by atoms with van der Waals surface area (Å²) in [6.07, 6.45) is 15.7. The van der Waals surface area contributed by atoms with Crippen molar-refractivity contribution in [3.05, 3.63) is 11.6 Å². The predicted molar refractivity (Wildman–Crippen MR) is 123 cm³/mol. The summed E-state index contributed by atoms with van der Waals surface area (Å²) in [5.74, 6) is 3.98. The molecule has 30 heavy (non-hydrogen) atoms. The van der Waals surface area contributed by atoms with Crippen molar-refractivity contribution in [3.8, 4) is 0 Å². The maximum Gasteiger partial charge on any atom is 0.220 e. The Morgan fingerprint density at radius 1 is 1.13 bits per heavy atom. The van der Waals surface area contributed by atoms with E-state index in [9.17, 15) is 9.90 Å². The van der Waals surface area contributed by atoms with Crippen molar-refractivity contribution in [2.75, 3.05) is 0 Å². The number of amides is 1. The highest BCUT2D eigenvalue weighted by Gasteiger charge is 2.59. The van der Waals surface area contributed by atoms with Gasteiger partial charge in [0.15, 0.2) is 0 Å². The number of fused-ring (bicyclic) bond motifs is 5. The molecule has 0 heterocycles. The molecule has 3 fully saturated rings. The molecule has 0 radical (unpaired) electrons. The number of aliphatic hydroxyl groups is 1. The van der Waals surface area contributed by atoms with Crippen molar-refractivity contribution in [1.29, 1.82) is 0 Å². The van der Waals surface area contributed by atoms with Gasteiger partial charge in [-0.25, -0.2) is 0 Å². The van der Waals surface area contributed by atoms with Crippen LogP contribution in [0.4, 0.5) is 0 Å². The average molecular weight is 416 g/mol. The van der Waals surface area contributed by atoms with Crippen LogP contribution >= 0.6 is 0 Å². The molecule has 0 bridgehead atoms. The predicted octanol–water partition coefficient (Wildman–Crippen LogP) is 5.85. The van der Waals surface area contributed by atoms with Gasteiger partial charge in [-0.1, -0.05) is 52.2 Å². The largest absolute Gasteiger partial charge is 0.393 e. The van der Waals surface area contributed by atoms with E-state index in [1.165, 1.54) is 44.9 Å². The Bertz CT molecular complexity index is 686. The third-order valence-corrected chi connectivity index (χ3v) is 10.6. The summed E-state index contributed by atoms with van der Waals surface area (Å²) >= 11 is 0. The summed E-state index contributed by atoms with van der Waals surface area (Å²) in [6.45, 7) is 9.60. The van der Waals surface area contributed by atoms with Crippen molar-refractivity contribution >= 4 is 5.91 Å². The van der Waals surface area contributed by atoms with Crippen LogP contribution in [0, 0.1) is 46.3 Å². The normalized spacial score (nSPS) is 45.0. The minimum atomic E-state index is -0.151. The molecule has 3 saturated carbocycles. The van der Waals surface area contributed by atoms with Crippen LogP contribution in [0.25, 0.3) is 0 Å². The minimum absolute atomic E-state index is 0.0116. The second-order valence-electron chi connectivity index (χ2n) is 12.1. The zero-order chi connectivity index (χ0) is 21.7. The molecular formula is C27H45NO2. The standard InChI is InChI=1S/C27H45NO2/c1-17(6-5-7-18(2)25(28)30)22-10-11-23-21-9-8-19-16-20(29)12-14-26(19,3)24(21)13-15-27(22,23)4/h8,17-18,20-24,29H,5-7,9-16H2,1-4H3,(H2,28,30). The summed E-state index contributed by atoms with van der Waals surface area (Å²) in [7, 11) is 0. The van der Waals surface area contributed by atoms with E-state index in [-0.39, 0.29) is 17.9 Å². The summed E-state index contributed by atoms with van der Waals surface area (Å²) < 4.78 is 0. The van der Waals surface area contributed by atoms with Gasteiger partial charge in [-0.05, 0) is 98.2 Å². The van der Waals surface area contributed by atoms with Crippen molar-refractivity contribution in [1.82, 2.24) is 0 Å². The molecule has 9 atom stereocenters. The molecule has 0 aromatic heterocycles. The first-order chi connectivity index (χ1) is 14.2. The number of primary amides is 1. The lowest BCUT2D eigenvalue weighted by Crippen LogP contribution is -2.50. The first-order valence-corrected chi connectivity index (χ1v) is 12.8. The highest BCUT2D eigenvalue weighted by molar-refractivity contribution is 5.76. The maximum absolute atomic E-state index is 11.4. The lowest BCUT2D eigenvalue weighted by molar-refractivity contribution is -0.121. The van der Waals surface area contributed by atoms with Crippen LogP contribution in [0.1, 0.15) is 98.3 Å². The summed E-state index contributed by atoms with van der Waals surface area (Å²) in [4.78, 5) is 11.4. The number of carbonyl (C=O) groups is 1. The number of rotatable bonds is 6. The Morgan fingerprint density at radius 2 is 1.90 bits per heavy atom. The first-order valence-electron chi connectivity index (χ1n) is 12.8. The molecule has 4 rings (SSSR count). The Labute approximate surface area is 184 Å². The van der Waals surface area contributed by atoms with Gasteiger partial charge in [0, 0.05) is 5.92 Å². The topological polar surface area (TPSA) is 63.3 Å². The number of nitrogens with two attached hydrogens (primary N) is 1. The Balaban J connectivity index is 1.44. The molecule has 3 heteroatoms. The molecule has 3 N–H and O–H groups in total. The molecule has 1 amide bonds. The smallest absolute Gasteiger partial charge is 0.220 e. The van der Waals surface area contributed by atoms with E-state index in [1.54, 1.807) is 5.57 Å². The lowest BCUT2D eigenvalue weighted by Gasteiger charge is -2.58. The van der Waals surface area contributed by atoms with Gasteiger partial charge in [0.25, 0.3) is 0 Å². The highest BCUT2D eigenvalue weighted by atomic mass is 16.3. The second-order valence-corrected chi connectivity index (χ2v) is 12.1. The van der Waals surface area contributed by atoms with Gasteiger partial charge in [0.1, 0.15) is 0 Å². The fourth-order valence-electron chi connectivity index (χ4n) is 8.71. The molecule has 0 aliphatic heterocycles. The molecule has 0 saturated heterocycles. The number of allylic oxidation sites excluding steroid dienone is 1. The quantitative estimate of drug-likeness (QED) is 0.534. The van der Waals surface area contributed by atoms with Gasteiger partial charge in [-0.3, -0.25) is 4.79 Å². The van der Waals surface area contributed by atoms with E-state index < -0.39 is 0 Å². The van der Waals surface area contributed by atoms with Gasteiger partial charge in [-0.2, -0.15) is 0 Å². The van der Waals surface area contributed by atoms with Crippen LogP contribution in [-0.4, -0.2) is 17.1 Å². The summed E-state index contributed by atoms with van der Waals surface area (Å²) in [5, 5.41) is 10.2. The molecule has 0 aromatic carbocycles. The zero-order valence-electron chi connectivity index (χ0n) is 19.8. The van der Waals surface area contributed by atoms with Crippen LogP contribution in [0.3, 0.4) is 0 Å². The SMILES string of the molecule is CC(CCCC(C)C1CCC2C3CC=C4CC(O)CCC4(C)C3CCC12C)C(N)=O. The van der Waals surface area contributed by atoms with E-state index >= 15 is 0 Å². The maximum atomic E-state index is 11.4. The Kier molecular flexibility index (Phi) is 6.16. The lowest BCUT2D eigenvalue weighted by atomic mass is 9.47. The summed E-state index contributed by atoms with van der Waals surface area (Å²) in [5.41, 5.74) is 7.87. The van der Waals surface area contributed by atoms with E-state index in [0.29, 0.717) is 10.8 Å². The van der Waals surface area contributed by atoms with Crippen LogP contribution in [0.5, 0.6) is 0 Å². The Hall–Kier alpha value is -0.830. The van der Waals surface area contributed by atoms with Crippen LogP contribution in [-0.2, 0) is 4.79 Å². The van der Waals surface area contributed by atoms with Crippen LogP contribution in [0.2, 0.25) is 0 Å². The molecule has 9 unspecified atom stereocenters. The molecule has 0 aromatic rings. The second kappa shape index (κ2) is 8.26. The molecule has 170 valence electrons. The average Bonchev–Trinajstić information content (AvgIpc) is 3.05. The highest BCUT2D eigenvalue weighted by Crippen LogP contribution is 2.67. The molecular weight excluding hydrogens is 370 g/mol. The molecule has 4 aliphatic rings. The number of hydrogen-bond donors (Lipinski definition) is 2. The van der Waals surface area contributed by atoms with E-state index in [1.807, 2.05) is 6.92 Å². The fraction of sp³-hybridized carbons (Fsp3) is 0.889. The molecule has 0 spiro atoms. The number of hydrogen-bond acceptors (Lipinski definition) is 2. The minimum Gasteiger partial charge on any atom is -0.393 e. The van der Waals surface area contributed by atoms with Gasteiger partial charge in [0.05, 0.1) is 6.10 Å². The monoisotopic (exact) mass is 415 g/mol. The first kappa shape index (κ1) is 22.4. The van der Waals surface area contributed by atoms with Crippen molar-refractivity contribution in [2.24, 2.45) is 52.1 Å². The van der Waals surface area contributed by atoms with Gasteiger partial charge in [-0.15, -0.1) is 0 Å². The van der Waals surface area contributed by atoms with Gasteiger partial charge < -0.3 is 10.8 Å². The van der Waals surface area contributed by atoms with Crippen molar-refractivity contribution in [3.63, 3.8) is 0 Å². The van der Waals surface area contributed by atoms with Crippen LogP contribution in [0.15, 0.2) is 11.6 Å². The van der Waals surface area contributed by atoms with E-state index in [4.69, 9.17) is 5.73 Å². The third kappa shape index (κ3) is 3.67. The fourth-order valence-corrected chi connectivity index (χ4v) is 8.71. The zero-order valence-corrected chi connectivity index (χ0v) is 19.8. The summed E-state index contributed by atoms with van der Waals surface area (Å²) in [6, 6.07) is 0. The van der Waals surface area contributed by atoms with Gasteiger partial charge in [0.2, 0.25) is 5.91 Å². The van der Waals surface area contributed by atoms with Crippen molar-refractivity contribution < 1.29 is 9.90 Å². The van der Waals surface area contributed by atoms with E-state index in [0.717, 1.165) is 55.3 Å². The number of carbonyl (C=O) groups excluding carboxylic acids is 1. The molecule has 3 nitrogen and oxygen atoms in total. The van der Waals surface area contributed by atoms with Crippen molar-refractivity contribution in [2.45, 2.75) is 104 Å². The molecule has 4 aliphatic carbocycles. The van der Waals surface area contributed by atoms with Crippen LogP contribution < -0.4 is 5.73 Å².